The van der Waals surface area contributed by atoms with Crippen molar-refractivity contribution in [3.05, 3.63) is 30.0 Å². The number of methoxy groups -OCH3 is 1. The molecule has 1 fully saturated rings. The van der Waals surface area contributed by atoms with Crippen LogP contribution in [0.2, 0.25) is 0 Å². The van der Waals surface area contributed by atoms with Crippen molar-refractivity contribution in [2.75, 3.05) is 20.2 Å². The van der Waals surface area contributed by atoms with Gasteiger partial charge in [-0.3, -0.25) is 0 Å². The van der Waals surface area contributed by atoms with E-state index in [0.717, 1.165) is 36.8 Å². The van der Waals surface area contributed by atoms with E-state index in [9.17, 15) is 0 Å². The van der Waals surface area contributed by atoms with Crippen molar-refractivity contribution in [2.24, 2.45) is 5.92 Å². The fourth-order valence-corrected chi connectivity index (χ4v) is 2.83. The Labute approximate surface area is 107 Å². The zero-order valence-electron chi connectivity index (χ0n) is 10.7. The molecule has 0 aliphatic carbocycles. The third-order valence-corrected chi connectivity index (χ3v) is 3.86. The molecular formula is C15H19NO2. The van der Waals surface area contributed by atoms with Gasteiger partial charge in [0.1, 0.15) is 0 Å². The molecule has 0 atom stereocenters. The Hall–Kier alpha value is -1.48. The average molecular weight is 245 g/mol. The summed E-state index contributed by atoms with van der Waals surface area (Å²) in [6, 6.07) is 6.25. The Morgan fingerprint density at radius 2 is 2.11 bits per heavy atom. The Bertz CT molecular complexity index is 526. The van der Waals surface area contributed by atoms with Gasteiger partial charge in [-0.25, -0.2) is 0 Å². The van der Waals surface area contributed by atoms with Crippen LogP contribution in [-0.2, 0) is 6.42 Å². The maximum atomic E-state index is 5.53. The van der Waals surface area contributed by atoms with E-state index in [1.54, 1.807) is 13.4 Å². The molecular weight excluding hydrogens is 226 g/mol. The maximum absolute atomic E-state index is 5.53. The second-order valence-corrected chi connectivity index (χ2v) is 4.99. The molecule has 0 unspecified atom stereocenters. The maximum Gasteiger partial charge on any atom is 0.175 e. The summed E-state index contributed by atoms with van der Waals surface area (Å²) < 4.78 is 10.9. The van der Waals surface area contributed by atoms with Gasteiger partial charge in [0, 0.05) is 5.39 Å². The first-order chi connectivity index (χ1) is 8.88. The van der Waals surface area contributed by atoms with Crippen LogP contribution < -0.4 is 10.1 Å². The van der Waals surface area contributed by atoms with Gasteiger partial charge in [-0.15, -0.1) is 0 Å². The zero-order chi connectivity index (χ0) is 12.4. The van der Waals surface area contributed by atoms with Crippen LogP contribution in [0.15, 0.2) is 28.9 Å². The highest BCUT2D eigenvalue weighted by molar-refractivity contribution is 5.86. The van der Waals surface area contributed by atoms with E-state index in [1.807, 2.05) is 12.1 Å². The third-order valence-electron chi connectivity index (χ3n) is 3.86. The predicted molar refractivity (Wildman–Crippen MR) is 72.1 cm³/mol. The summed E-state index contributed by atoms with van der Waals surface area (Å²) in [4.78, 5) is 0. The lowest BCUT2D eigenvalue weighted by Gasteiger charge is -2.22. The van der Waals surface area contributed by atoms with Crippen LogP contribution in [0.1, 0.15) is 18.4 Å². The quantitative estimate of drug-likeness (QED) is 0.902. The smallest absolute Gasteiger partial charge is 0.175 e. The second kappa shape index (κ2) is 5.02. The molecule has 1 saturated heterocycles. The monoisotopic (exact) mass is 245 g/mol. The second-order valence-electron chi connectivity index (χ2n) is 4.99. The number of nitrogens with one attached hydrogen (secondary N) is 1. The van der Waals surface area contributed by atoms with Crippen molar-refractivity contribution in [1.29, 1.82) is 0 Å². The van der Waals surface area contributed by atoms with Gasteiger partial charge in [0.15, 0.2) is 11.3 Å². The van der Waals surface area contributed by atoms with Crippen LogP contribution in [0, 0.1) is 5.92 Å². The van der Waals surface area contributed by atoms with Gasteiger partial charge in [0.2, 0.25) is 0 Å². The van der Waals surface area contributed by atoms with E-state index in [2.05, 4.69) is 11.4 Å². The molecule has 0 radical (unpaired) electrons. The summed E-state index contributed by atoms with van der Waals surface area (Å²) in [5, 5.41) is 4.61. The van der Waals surface area contributed by atoms with Crippen molar-refractivity contribution in [2.45, 2.75) is 19.3 Å². The van der Waals surface area contributed by atoms with Gasteiger partial charge in [-0.2, -0.15) is 0 Å². The highest BCUT2D eigenvalue weighted by Gasteiger charge is 2.16. The number of hydrogen-bond acceptors (Lipinski definition) is 3. The SMILES string of the molecule is COc1ccc(CC2CCNCC2)c2ccoc12. The number of furan rings is 1. The van der Waals surface area contributed by atoms with Gasteiger partial charge in [-0.05, 0) is 56.0 Å². The number of benzene rings is 1. The molecule has 2 aromatic rings. The molecule has 3 nitrogen and oxygen atoms in total. The molecule has 3 rings (SSSR count). The average Bonchev–Trinajstić information content (AvgIpc) is 2.90. The number of hydrogen-bond donors (Lipinski definition) is 1. The van der Waals surface area contributed by atoms with E-state index >= 15 is 0 Å². The Morgan fingerprint density at radius 1 is 1.28 bits per heavy atom. The molecule has 1 aromatic heterocycles. The van der Waals surface area contributed by atoms with E-state index in [1.165, 1.54) is 23.8 Å². The van der Waals surface area contributed by atoms with E-state index < -0.39 is 0 Å². The third kappa shape index (κ3) is 2.10. The molecule has 2 heterocycles. The fraction of sp³-hybridized carbons (Fsp3) is 0.467. The summed E-state index contributed by atoms with van der Waals surface area (Å²) in [6.45, 7) is 2.30. The predicted octanol–water partition coefficient (Wildman–Crippen LogP) is 2.98. The van der Waals surface area contributed by atoms with Crippen molar-refractivity contribution in [1.82, 2.24) is 5.32 Å². The van der Waals surface area contributed by atoms with Gasteiger partial charge in [-0.1, -0.05) is 6.07 Å². The largest absolute Gasteiger partial charge is 0.493 e. The van der Waals surface area contributed by atoms with Crippen LogP contribution in [0.5, 0.6) is 5.75 Å². The molecule has 18 heavy (non-hydrogen) atoms. The minimum absolute atomic E-state index is 0.790. The van der Waals surface area contributed by atoms with Crippen LogP contribution >= 0.6 is 0 Å². The summed E-state index contributed by atoms with van der Waals surface area (Å²) in [5.41, 5.74) is 2.26. The number of piperidine rings is 1. The van der Waals surface area contributed by atoms with Gasteiger partial charge < -0.3 is 14.5 Å². The summed E-state index contributed by atoms with van der Waals surface area (Å²) in [7, 11) is 1.68. The highest BCUT2D eigenvalue weighted by Crippen LogP contribution is 2.31. The van der Waals surface area contributed by atoms with Gasteiger partial charge >= 0.3 is 0 Å². The molecule has 0 bridgehead atoms. The lowest BCUT2D eigenvalue weighted by atomic mass is 9.90. The lowest BCUT2D eigenvalue weighted by Crippen LogP contribution is -2.28. The summed E-state index contributed by atoms with van der Waals surface area (Å²) >= 11 is 0. The Morgan fingerprint density at radius 3 is 2.89 bits per heavy atom. The van der Waals surface area contributed by atoms with Crippen LogP contribution in [0.4, 0.5) is 0 Å². The van der Waals surface area contributed by atoms with Gasteiger partial charge in [0.25, 0.3) is 0 Å². The molecule has 1 aliphatic heterocycles. The number of fused-ring (bicyclic) bond motifs is 1. The molecule has 1 aliphatic rings. The van der Waals surface area contributed by atoms with Crippen LogP contribution in [0.3, 0.4) is 0 Å². The molecule has 1 N–H and O–H groups in total. The van der Waals surface area contributed by atoms with Crippen molar-refractivity contribution >= 4 is 11.0 Å². The molecule has 1 aromatic carbocycles. The molecule has 0 amide bonds. The Balaban J connectivity index is 1.89. The van der Waals surface area contributed by atoms with Crippen molar-refractivity contribution < 1.29 is 9.15 Å². The van der Waals surface area contributed by atoms with E-state index in [0.29, 0.717) is 0 Å². The minimum atomic E-state index is 0.790. The van der Waals surface area contributed by atoms with Crippen LogP contribution in [-0.4, -0.2) is 20.2 Å². The summed E-state index contributed by atoms with van der Waals surface area (Å²) in [6.07, 6.45) is 5.43. The topological polar surface area (TPSA) is 34.4 Å². The fourth-order valence-electron chi connectivity index (χ4n) is 2.83. The summed E-state index contributed by atoms with van der Waals surface area (Å²) in [5.74, 6) is 1.61. The first-order valence-corrected chi connectivity index (χ1v) is 6.62. The Kier molecular flexibility index (Phi) is 3.24. The molecule has 0 saturated carbocycles. The molecule has 3 heteroatoms. The van der Waals surface area contributed by atoms with E-state index in [-0.39, 0.29) is 0 Å². The first-order valence-electron chi connectivity index (χ1n) is 6.62. The van der Waals surface area contributed by atoms with Crippen molar-refractivity contribution in [3.63, 3.8) is 0 Å². The first kappa shape index (κ1) is 11.6. The van der Waals surface area contributed by atoms with E-state index in [4.69, 9.17) is 9.15 Å². The number of ether oxygens (including phenoxy) is 1. The van der Waals surface area contributed by atoms with Gasteiger partial charge in [0.05, 0.1) is 13.4 Å². The normalized spacial score (nSPS) is 17.2. The van der Waals surface area contributed by atoms with Crippen molar-refractivity contribution in [3.8, 4) is 5.75 Å². The standard InChI is InChI=1S/C15H19NO2/c1-17-14-3-2-12(13-6-9-18-15(13)14)10-11-4-7-16-8-5-11/h2-3,6,9,11,16H,4-5,7-8,10H2,1H3. The molecule has 96 valence electrons. The zero-order valence-corrected chi connectivity index (χ0v) is 10.7. The number of rotatable bonds is 3. The minimum Gasteiger partial charge on any atom is -0.493 e. The molecule has 0 spiro atoms. The highest BCUT2D eigenvalue weighted by atomic mass is 16.5. The lowest BCUT2D eigenvalue weighted by molar-refractivity contribution is 0.373. The van der Waals surface area contributed by atoms with Crippen LogP contribution in [0.25, 0.3) is 11.0 Å².